The number of carbonyl (C=O) groups is 1. The lowest BCUT2D eigenvalue weighted by Gasteiger charge is -2.27. The molecule has 2 aromatic rings. The maximum absolute atomic E-state index is 11.0. The summed E-state index contributed by atoms with van der Waals surface area (Å²) >= 11 is 0. The Bertz CT molecular complexity index is 664. The van der Waals surface area contributed by atoms with Crippen LogP contribution in [0.5, 0.6) is 0 Å². The Morgan fingerprint density at radius 2 is 2.00 bits per heavy atom. The van der Waals surface area contributed by atoms with E-state index in [0.717, 1.165) is 42.4 Å². The molecule has 3 rings (SSSR count). The van der Waals surface area contributed by atoms with E-state index in [4.69, 9.17) is 5.11 Å². The predicted octanol–water partition coefficient (Wildman–Crippen LogP) is 2.99. The molecule has 0 bridgehead atoms. The Morgan fingerprint density at radius 1 is 1.24 bits per heavy atom. The fraction of sp³-hybridized carbons (Fsp3) is 0.438. The van der Waals surface area contributed by atoms with Crippen molar-refractivity contribution in [3.8, 4) is 0 Å². The van der Waals surface area contributed by atoms with E-state index in [1.807, 2.05) is 19.1 Å². The van der Waals surface area contributed by atoms with Gasteiger partial charge in [0.15, 0.2) is 0 Å². The van der Waals surface area contributed by atoms with Crippen LogP contribution in [0.1, 0.15) is 31.2 Å². The van der Waals surface area contributed by atoms with E-state index in [2.05, 4.69) is 21.4 Å². The molecule has 0 radical (unpaired) electrons. The van der Waals surface area contributed by atoms with Gasteiger partial charge < -0.3 is 10.4 Å². The number of hydrogen-bond acceptors (Lipinski definition) is 4. The SMILES string of the molecule is Cc1ccc2ncnc(NC3CCC(C(=O)O)CC3)c2c1. The van der Waals surface area contributed by atoms with Crippen LogP contribution in [0.25, 0.3) is 10.9 Å². The molecule has 21 heavy (non-hydrogen) atoms. The average molecular weight is 285 g/mol. The Labute approximate surface area is 123 Å². The fourth-order valence-electron chi connectivity index (χ4n) is 2.96. The smallest absolute Gasteiger partial charge is 0.306 e. The first kappa shape index (κ1) is 13.8. The first-order valence-electron chi connectivity index (χ1n) is 7.34. The zero-order valence-electron chi connectivity index (χ0n) is 12.0. The predicted molar refractivity (Wildman–Crippen MR) is 81.3 cm³/mol. The van der Waals surface area contributed by atoms with Crippen molar-refractivity contribution in [3.63, 3.8) is 0 Å². The summed E-state index contributed by atoms with van der Waals surface area (Å²) in [6.45, 7) is 2.05. The van der Waals surface area contributed by atoms with Crippen molar-refractivity contribution in [2.24, 2.45) is 5.92 Å². The molecule has 0 amide bonds. The molecule has 0 saturated heterocycles. The highest BCUT2D eigenvalue weighted by atomic mass is 16.4. The average Bonchev–Trinajstić information content (AvgIpc) is 2.48. The number of aromatic nitrogens is 2. The van der Waals surface area contributed by atoms with Gasteiger partial charge in [-0.05, 0) is 44.7 Å². The minimum Gasteiger partial charge on any atom is -0.481 e. The van der Waals surface area contributed by atoms with Crippen molar-refractivity contribution < 1.29 is 9.90 Å². The Morgan fingerprint density at radius 3 is 2.71 bits per heavy atom. The summed E-state index contributed by atoms with van der Waals surface area (Å²) in [4.78, 5) is 19.6. The molecule has 110 valence electrons. The number of carboxylic acid groups (broad SMARTS) is 1. The van der Waals surface area contributed by atoms with Crippen LogP contribution in [0.3, 0.4) is 0 Å². The molecule has 0 atom stereocenters. The van der Waals surface area contributed by atoms with Crippen LogP contribution in [0.2, 0.25) is 0 Å². The second-order valence-corrected chi connectivity index (χ2v) is 5.77. The number of carboxylic acids is 1. The second-order valence-electron chi connectivity index (χ2n) is 5.77. The van der Waals surface area contributed by atoms with Gasteiger partial charge in [-0.1, -0.05) is 11.6 Å². The number of anilines is 1. The quantitative estimate of drug-likeness (QED) is 0.906. The van der Waals surface area contributed by atoms with E-state index in [1.54, 1.807) is 6.33 Å². The summed E-state index contributed by atoms with van der Waals surface area (Å²) in [5, 5.41) is 13.5. The molecular formula is C16H19N3O2. The maximum atomic E-state index is 11.0. The van der Waals surface area contributed by atoms with Crippen molar-refractivity contribution in [1.29, 1.82) is 0 Å². The highest BCUT2D eigenvalue weighted by Gasteiger charge is 2.26. The molecule has 0 spiro atoms. The molecule has 1 aliphatic rings. The van der Waals surface area contributed by atoms with Gasteiger partial charge in [0.1, 0.15) is 12.1 Å². The summed E-state index contributed by atoms with van der Waals surface area (Å²) < 4.78 is 0. The molecule has 0 aliphatic heterocycles. The van der Waals surface area contributed by atoms with Gasteiger partial charge in [-0.3, -0.25) is 4.79 Å². The van der Waals surface area contributed by atoms with Crippen LogP contribution in [-0.2, 0) is 4.79 Å². The van der Waals surface area contributed by atoms with Crippen molar-refractivity contribution in [1.82, 2.24) is 9.97 Å². The summed E-state index contributed by atoms with van der Waals surface area (Å²) in [6, 6.07) is 6.41. The Kier molecular flexibility index (Phi) is 3.73. The summed E-state index contributed by atoms with van der Waals surface area (Å²) in [6.07, 6.45) is 4.77. The van der Waals surface area contributed by atoms with Gasteiger partial charge in [0.05, 0.1) is 11.4 Å². The van der Waals surface area contributed by atoms with Gasteiger partial charge in [-0.25, -0.2) is 9.97 Å². The number of nitrogens with zero attached hydrogens (tertiary/aromatic N) is 2. The van der Waals surface area contributed by atoms with Crippen LogP contribution < -0.4 is 5.32 Å². The second kappa shape index (κ2) is 5.68. The first-order chi connectivity index (χ1) is 10.1. The molecule has 1 aromatic carbocycles. The normalized spacial score (nSPS) is 22.1. The molecule has 2 N–H and O–H groups in total. The highest BCUT2D eigenvalue weighted by Crippen LogP contribution is 2.28. The number of aryl methyl sites for hydroxylation is 1. The maximum Gasteiger partial charge on any atom is 0.306 e. The van der Waals surface area contributed by atoms with Gasteiger partial charge >= 0.3 is 5.97 Å². The number of aliphatic carboxylic acids is 1. The minimum absolute atomic E-state index is 0.188. The molecule has 1 aromatic heterocycles. The van der Waals surface area contributed by atoms with Crippen LogP contribution >= 0.6 is 0 Å². The third kappa shape index (κ3) is 2.96. The lowest BCUT2D eigenvalue weighted by atomic mass is 9.86. The van der Waals surface area contributed by atoms with Gasteiger partial charge in [0.2, 0.25) is 0 Å². The van der Waals surface area contributed by atoms with Gasteiger partial charge in [0, 0.05) is 11.4 Å². The van der Waals surface area contributed by atoms with Crippen molar-refractivity contribution >= 4 is 22.7 Å². The van der Waals surface area contributed by atoms with E-state index >= 15 is 0 Å². The van der Waals surface area contributed by atoms with Crippen molar-refractivity contribution in [3.05, 3.63) is 30.1 Å². The topological polar surface area (TPSA) is 75.1 Å². The summed E-state index contributed by atoms with van der Waals surface area (Å²) in [5.74, 6) is -0.00789. The third-order valence-corrected chi connectivity index (χ3v) is 4.21. The van der Waals surface area contributed by atoms with E-state index in [9.17, 15) is 4.79 Å². The number of hydrogen-bond donors (Lipinski definition) is 2. The molecule has 1 heterocycles. The largest absolute Gasteiger partial charge is 0.481 e. The lowest BCUT2D eigenvalue weighted by molar-refractivity contribution is -0.142. The number of nitrogens with one attached hydrogen (secondary N) is 1. The van der Waals surface area contributed by atoms with Crippen LogP contribution in [0.15, 0.2) is 24.5 Å². The van der Waals surface area contributed by atoms with Crippen LogP contribution in [-0.4, -0.2) is 27.1 Å². The molecule has 1 aliphatic carbocycles. The first-order valence-corrected chi connectivity index (χ1v) is 7.34. The van der Waals surface area contributed by atoms with E-state index in [0.29, 0.717) is 6.04 Å². The Hall–Kier alpha value is -2.17. The number of benzene rings is 1. The fourth-order valence-corrected chi connectivity index (χ4v) is 2.96. The molecule has 5 heteroatoms. The van der Waals surface area contributed by atoms with Crippen LogP contribution in [0, 0.1) is 12.8 Å². The van der Waals surface area contributed by atoms with E-state index in [1.165, 1.54) is 5.56 Å². The lowest BCUT2D eigenvalue weighted by Crippen LogP contribution is -2.29. The molecular weight excluding hydrogens is 266 g/mol. The summed E-state index contributed by atoms with van der Waals surface area (Å²) in [5.41, 5.74) is 2.10. The third-order valence-electron chi connectivity index (χ3n) is 4.21. The number of rotatable bonds is 3. The van der Waals surface area contributed by atoms with E-state index < -0.39 is 5.97 Å². The zero-order chi connectivity index (χ0) is 14.8. The highest BCUT2D eigenvalue weighted by molar-refractivity contribution is 5.89. The Balaban J connectivity index is 1.77. The number of fused-ring (bicyclic) bond motifs is 1. The minimum atomic E-state index is -0.670. The van der Waals surface area contributed by atoms with Gasteiger partial charge in [-0.15, -0.1) is 0 Å². The van der Waals surface area contributed by atoms with Gasteiger partial charge in [-0.2, -0.15) is 0 Å². The van der Waals surface area contributed by atoms with Gasteiger partial charge in [0.25, 0.3) is 0 Å². The van der Waals surface area contributed by atoms with Crippen molar-refractivity contribution in [2.45, 2.75) is 38.6 Å². The standard InChI is InChI=1S/C16H19N3O2/c1-10-2-7-14-13(8-10)15(18-9-17-14)19-12-5-3-11(4-6-12)16(20)21/h2,7-9,11-12H,3-6H2,1H3,(H,20,21)(H,17,18,19). The zero-order valence-corrected chi connectivity index (χ0v) is 12.0. The molecule has 0 unspecified atom stereocenters. The molecule has 5 nitrogen and oxygen atoms in total. The van der Waals surface area contributed by atoms with Crippen LogP contribution in [0.4, 0.5) is 5.82 Å². The van der Waals surface area contributed by atoms with E-state index in [-0.39, 0.29) is 5.92 Å². The summed E-state index contributed by atoms with van der Waals surface area (Å²) in [7, 11) is 0. The molecule has 1 fully saturated rings. The molecule has 1 saturated carbocycles. The monoisotopic (exact) mass is 285 g/mol. The van der Waals surface area contributed by atoms with Crippen molar-refractivity contribution in [2.75, 3.05) is 5.32 Å².